The van der Waals surface area contributed by atoms with E-state index < -0.39 is 36.2 Å². The molecule has 4 atom stereocenters. The Bertz CT molecular complexity index is 744. The lowest BCUT2D eigenvalue weighted by atomic mass is 10.1. The van der Waals surface area contributed by atoms with E-state index in [2.05, 4.69) is 0 Å². The fourth-order valence-electron chi connectivity index (χ4n) is 3.90. The topological polar surface area (TPSA) is 127 Å². The second-order valence-electron chi connectivity index (χ2n) is 7.68. The molecule has 0 radical (unpaired) electrons. The lowest BCUT2D eigenvalue weighted by molar-refractivity contribution is -0.794. The predicted octanol–water partition coefficient (Wildman–Crippen LogP) is 3.13. The van der Waals surface area contributed by atoms with Gasteiger partial charge in [-0.2, -0.15) is 9.28 Å². The number of imide groups is 1. The average Bonchev–Trinajstić information content (AvgIpc) is 3.08. The number of carbonyl (C=O) groups is 2. The molecule has 1 aliphatic heterocycles. The van der Waals surface area contributed by atoms with E-state index in [-0.39, 0.29) is 19.1 Å². The number of benzene rings is 1. The van der Waals surface area contributed by atoms with Crippen molar-refractivity contribution in [3.05, 3.63) is 35.9 Å². The third kappa shape index (κ3) is 5.96. The third-order valence-corrected chi connectivity index (χ3v) is 7.01. The molecule has 1 aliphatic rings. The van der Waals surface area contributed by atoms with Crippen LogP contribution in [-0.4, -0.2) is 57.9 Å². The second-order valence-corrected chi connectivity index (χ2v) is 9.61. The van der Waals surface area contributed by atoms with Gasteiger partial charge in [0, 0.05) is 12.8 Å². The number of rotatable bonds is 10. The Morgan fingerprint density at radius 2 is 2.00 bits per heavy atom. The number of quaternary nitrogens is 1. The van der Waals surface area contributed by atoms with Gasteiger partial charge in [-0.15, -0.1) is 0 Å². The van der Waals surface area contributed by atoms with Crippen LogP contribution in [0.4, 0.5) is 4.79 Å². The van der Waals surface area contributed by atoms with Crippen molar-refractivity contribution in [1.82, 2.24) is 0 Å². The van der Waals surface area contributed by atoms with E-state index >= 15 is 0 Å². The first-order chi connectivity index (χ1) is 13.7. The number of nitrogens with zero attached hydrogens (tertiary/aromatic N) is 1. The van der Waals surface area contributed by atoms with Crippen LogP contribution in [0.25, 0.3) is 0 Å². The van der Waals surface area contributed by atoms with Crippen LogP contribution in [-0.2, 0) is 20.3 Å². The van der Waals surface area contributed by atoms with Crippen LogP contribution in [0, 0.1) is 0 Å². The van der Waals surface area contributed by atoms with Gasteiger partial charge in [0.25, 0.3) is 0 Å². The first-order valence-corrected chi connectivity index (χ1v) is 11.9. The van der Waals surface area contributed by atoms with E-state index in [9.17, 15) is 24.2 Å². The molecule has 1 aromatic carbocycles. The zero-order valence-corrected chi connectivity index (χ0v) is 17.8. The van der Waals surface area contributed by atoms with Gasteiger partial charge in [0.2, 0.25) is 0 Å². The highest BCUT2D eigenvalue weighted by Crippen LogP contribution is 2.45. The van der Waals surface area contributed by atoms with Crippen molar-refractivity contribution in [1.29, 1.82) is 0 Å². The SMILES string of the molecule is CC1CCC[N@@+]1(C(=O)O)C(=O)C(CCCCN)OP(=O)(O)CCc1ccccc1. The number of carbonyl (C=O) groups excluding carboxylic acids is 1. The molecule has 1 saturated heterocycles. The highest BCUT2D eigenvalue weighted by atomic mass is 31.2. The van der Waals surface area contributed by atoms with Crippen LogP contribution in [0.2, 0.25) is 0 Å². The highest BCUT2D eigenvalue weighted by molar-refractivity contribution is 7.52. The molecule has 29 heavy (non-hydrogen) atoms. The van der Waals surface area contributed by atoms with Gasteiger partial charge in [-0.05, 0) is 44.7 Å². The van der Waals surface area contributed by atoms with Crippen molar-refractivity contribution < 1.29 is 33.2 Å². The second kappa shape index (κ2) is 10.5. The number of nitrogens with two attached hydrogens (primary N) is 1. The van der Waals surface area contributed by atoms with Crippen molar-refractivity contribution >= 4 is 19.6 Å². The average molecular weight is 427 g/mol. The van der Waals surface area contributed by atoms with Crippen LogP contribution < -0.4 is 5.73 Å². The van der Waals surface area contributed by atoms with E-state index in [4.69, 9.17) is 10.3 Å². The molecule has 8 nitrogen and oxygen atoms in total. The number of aryl methyl sites for hydroxylation is 1. The molecule has 2 amide bonds. The van der Waals surface area contributed by atoms with Crippen LogP contribution in [0.5, 0.6) is 0 Å². The number of amides is 2. The maximum absolute atomic E-state index is 13.3. The monoisotopic (exact) mass is 427 g/mol. The first-order valence-electron chi connectivity index (χ1n) is 10.1. The van der Waals surface area contributed by atoms with Gasteiger partial charge in [-0.1, -0.05) is 30.3 Å². The summed E-state index contributed by atoms with van der Waals surface area (Å²) in [5, 5.41) is 9.82. The molecule has 0 spiro atoms. The van der Waals surface area contributed by atoms with Crippen molar-refractivity contribution in [3.63, 3.8) is 0 Å². The summed E-state index contributed by atoms with van der Waals surface area (Å²) in [6, 6.07) is 8.83. The maximum atomic E-state index is 13.3. The molecular weight excluding hydrogens is 395 g/mol. The summed E-state index contributed by atoms with van der Waals surface area (Å²) >= 11 is 0. The molecule has 162 valence electrons. The zero-order valence-electron chi connectivity index (χ0n) is 16.9. The van der Waals surface area contributed by atoms with Crippen LogP contribution in [0.1, 0.15) is 44.6 Å². The fourth-order valence-corrected chi connectivity index (χ4v) is 5.14. The van der Waals surface area contributed by atoms with Crippen LogP contribution >= 0.6 is 7.60 Å². The molecule has 3 unspecified atom stereocenters. The zero-order chi connectivity index (χ0) is 21.5. The minimum Gasteiger partial charge on any atom is -0.435 e. The minimum absolute atomic E-state index is 0.139. The molecule has 1 aromatic rings. The molecule has 0 saturated carbocycles. The van der Waals surface area contributed by atoms with Crippen molar-refractivity contribution in [2.45, 2.75) is 57.6 Å². The van der Waals surface area contributed by atoms with Crippen molar-refractivity contribution in [2.75, 3.05) is 19.3 Å². The molecule has 1 heterocycles. The standard InChI is InChI=1S/C20H31N2O6P/c1-16-8-7-14-22(16,20(24)25)19(23)18(11-5-6-13-21)28-29(26,27)15-12-17-9-3-2-4-10-17/h2-4,9-10,16,18H,5-8,11-15,21H2,1H3,(H-,24,25,26,27)/p+1/t16?,18?,22-/m0/s1. The molecule has 4 N–H and O–H groups in total. The molecule has 0 aromatic heterocycles. The number of carboxylic acid groups (broad SMARTS) is 1. The number of likely N-dealkylation sites (tertiary alicyclic amines) is 1. The van der Waals surface area contributed by atoms with Gasteiger partial charge in [0.1, 0.15) is 6.04 Å². The summed E-state index contributed by atoms with van der Waals surface area (Å²) in [6.07, 6.45) is 0.238. The number of unbranched alkanes of at least 4 members (excludes halogenated alkanes) is 1. The van der Waals surface area contributed by atoms with E-state index in [0.717, 1.165) is 5.56 Å². The van der Waals surface area contributed by atoms with Crippen molar-refractivity contribution in [2.24, 2.45) is 5.73 Å². The molecule has 1 fully saturated rings. The lowest BCUT2D eigenvalue weighted by Gasteiger charge is -2.33. The molecule has 2 rings (SSSR count). The predicted molar refractivity (Wildman–Crippen MR) is 109 cm³/mol. The Balaban J connectivity index is 2.16. The van der Waals surface area contributed by atoms with Gasteiger partial charge >= 0.3 is 19.6 Å². The number of hydrogen-bond donors (Lipinski definition) is 3. The maximum Gasteiger partial charge on any atom is 0.521 e. The molecule has 9 heteroatoms. The summed E-state index contributed by atoms with van der Waals surface area (Å²) < 4.78 is 17.4. The van der Waals surface area contributed by atoms with E-state index in [1.165, 1.54) is 0 Å². The van der Waals surface area contributed by atoms with Gasteiger partial charge in [-0.3, -0.25) is 9.09 Å². The van der Waals surface area contributed by atoms with E-state index in [0.29, 0.717) is 38.6 Å². The Morgan fingerprint density at radius 1 is 1.31 bits per heavy atom. The van der Waals surface area contributed by atoms with E-state index in [1.807, 2.05) is 30.3 Å². The fraction of sp³-hybridized carbons (Fsp3) is 0.600. The van der Waals surface area contributed by atoms with Crippen molar-refractivity contribution in [3.8, 4) is 0 Å². The summed E-state index contributed by atoms with van der Waals surface area (Å²) in [4.78, 5) is 35.7. The van der Waals surface area contributed by atoms with Gasteiger partial charge in [0.05, 0.1) is 12.7 Å². The Kier molecular flexibility index (Phi) is 8.55. The summed E-state index contributed by atoms with van der Waals surface area (Å²) in [5.41, 5.74) is 6.41. The smallest absolute Gasteiger partial charge is 0.435 e. The van der Waals surface area contributed by atoms with Crippen LogP contribution in [0.3, 0.4) is 0 Å². The Labute approximate surface area is 171 Å². The summed E-state index contributed by atoms with van der Waals surface area (Å²) in [7, 11) is -4.09. The number of hydrogen-bond acceptors (Lipinski definition) is 5. The lowest BCUT2D eigenvalue weighted by Crippen LogP contribution is -2.62. The minimum atomic E-state index is -4.09. The van der Waals surface area contributed by atoms with Gasteiger partial charge in [0.15, 0.2) is 6.10 Å². The Hall–Kier alpha value is -1.57. The highest BCUT2D eigenvalue weighted by Gasteiger charge is 2.56. The van der Waals surface area contributed by atoms with Gasteiger partial charge in [-0.25, -0.2) is 4.79 Å². The molecule has 0 bridgehead atoms. The van der Waals surface area contributed by atoms with Gasteiger partial charge < -0.3 is 15.7 Å². The largest absolute Gasteiger partial charge is 0.521 e. The third-order valence-electron chi connectivity index (χ3n) is 5.63. The summed E-state index contributed by atoms with van der Waals surface area (Å²) in [6.45, 7) is 2.32. The molecule has 0 aliphatic carbocycles. The van der Waals surface area contributed by atoms with E-state index in [1.54, 1.807) is 6.92 Å². The normalized spacial score (nSPS) is 24.7. The quantitative estimate of drug-likeness (QED) is 0.297. The van der Waals surface area contributed by atoms with Crippen LogP contribution in [0.15, 0.2) is 30.3 Å². The first kappa shape index (κ1) is 23.7. The molecular formula is C20H32N2O6P+. The summed E-state index contributed by atoms with van der Waals surface area (Å²) in [5.74, 6) is -0.645. The Morgan fingerprint density at radius 3 is 2.55 bits per heavy atom.